The maximum atomic E-state index is 12.6. The van der Waals surface area contributed by atoms with Crippen molar-refractivity contribution in [1.29, 1.82) is 0 Å². The lowest BCUT2D eigenvalue weighted by atomic mass is 9.49. The Labute approximate surface area is 121 Å². The van der Waals surface area contributed by atoms with E-state index in [0.29, 0.717) is 0 Å². The summed E-state index contributed by atoms with van der Waals surface area (Å²) in [5.74, 6) is 2.14. The van der Waals surface area contributed by atoms with Gasteiger partial charge in [0.1, 0.15) is 0 Å². The van der Waals surface area contributed by atoms with E-state index in [9.17, 15) is 9.59 Å². The maximum Gasteiger partial charge on any atom is 0.244 e. The van der Waals surface area contributed by atoms with Crippen LogP contribution in [0.2, 0.25) is 0 Å². The van der Waals surface area contributed by atoms with Crippen molar-refractivity contribution in [2.24, 2.45) is 28.6 Å². The molecule has 4 rings (SSSR count). The van der Waals surface area contributed by atoms with Gasteiger partial charge in [0.2, 0.25) is 11.8 Å². The summed E-state index contributed by atoms with van der Waals surface area (Å²) >= 11 is 0. The molecule has 4 nitrogen and oxygen atoms in total. The Morgan fingerprint density at radius 1 is 0.900 bits per heavy atom. The van der Waals surface area contributed by atoms with E-state index < -0.39 is 5.41 Å². The summed E-state index contributed by atoms with van der Waals surface area (Å²) in [5.41, 5.74) is 4.64. The number of hydrogen-bond acceptors (Lipinski definition) is 2. The first kappa shape index (κ1) is 13.9. The quantitative estimate of drug-likeness (QED) is 0.724. The molecular weight excluding hydrogens is 252 g/mol. The van der Waals surface area contributed by atoms with Gasteiger partial charge in [0.05, 0.1) is 5.41 Å². The zero-order valence-electron chi connectivity index (χ0n) is 12.8. The van der Waals surface area contributed by atoms with Crippen molar-refractivity contribution in [3.8, 4) is 0 Å². The number of carbonyl (C=O) groups excluding carboxylic acids is 2. The molecule has 4 aliphatic rings. The van der Waals surface area contributed by atoms with Crippen LogP contribution in [0, 0.1) is 28.6 Å². The lowest BCUT2D eigenvalue weighted by Crippen LogP contribution is -2.57. The average Bonchev–Trinajstić information content (AvgIpc) is 2.32. The second-order valence-electron chi connectivity index (χ2n) is 8.36. The van der Waals surface area contributed by atoms with Crippen LogP contribution >= 0.6 is 0 Å². The van der Waals surface area contributed by atoms with Crippen molar-refractivity contribution in [2.45, 2.75) is 59.3 Å². The minimum Gasteiger partial charge on any atom is -0.273 e. The van der Waals surface area contributed by atoms with Crippen molar-refractivity contribution in [2.75, 3.05) is 0 Å². The summed E-state index contributed by atoms with van der Waals surface area (Å²) < 4.78 is 0. The smallest absolute Gasteiger partial charge is 0.244 e. The Bertz CT molecular complexity index is 401. The fraction of sp³-hybridized carbons (Fsp3) is 0.875. The fourth-order valence-electron chi connectivity index (χ4n) is 4.82. The first-order chi connectivity index (χ1) is 9.28. The topological polar surface area (TPSA) is 58.2 Å². The van der Waals surface area contributed by atoms with Gasteiger partial charge < -0.3 is 0 Å². The number of carbonyl (C=O) groups is 2. The highest BCUT2D eigenvalue weighted by Gasteiger charge is 2.54. The van der Waals surface area contributed by atoms with Crippen LogP contribution in [-0.2, 0) is 9.59 Å². The van der Waals surface area contributed by atoms with Gasteiger partial charge in [0, 0.05) is 5.41 Å². The number of hydrazine groups is 1. The highest BCUT2D eigenvalue weighted by molar-refractivity contribution is 5.87. The van der Waals surface area contributed by atoms with Crippen LogP contribution < -0.4 is 10.9 Å². The molecule has 0 spiro atoms. The molecule has 4 fully saturated rings. The lowest BCUT2D eigenvalue weighted by Gasteiger charge is -2.55. The van der Waals surface area contributed by atoms with Crippen molar-refractivity contribution >= 4 is 11.8 Å². The van der Waals surface area contributed by atoms with E-state index in [-0.39, 0.29) is 17.2 Å². The van der Waals surface area contributed by atoms with Crippen molar-refractivity contribution in [3.63, 3.8) is 0 Å². The van der Waals surface area contributed by atoms with E-state index in [2.05, 4.69) is 10.9 Å². The van der Waals surface area contributed by atoms with Crippen LogP contribution in [0.4, 0.5) is 0 Å². The molecule has 112 valence electrons. The van der Waals surface area contributed by atoms with Gasteiger partial charge in [0.25, 0.3) is 0 Å². The Morgan fingerprint density at radius 2 is 1.35 bits per heavy atom. The van der Waals surface area contributed by atoms with Crippen LogP contribution in [0.3, 0.4) is 0 Å². The van der Waals surface area contributed by atoms with Crippen LogP contribution in [0.1, 0.15) is 59.3 Å². The van der Waals surface area contributed by atoms with Crippen LogP contribution in [-0.4, -0.2) is 11.8 Å². The third kappa shape index (κ3) is 2.33. The van der Waals surface area contributed by atoms with Gasteiger partial charge in [-0.1, -0.05) is 20.8 Å². The molecular formula is C16H26N2O2. The van der Waals surface area contributed by atoms with Crippen molar-refractivity contribution in [3.05, 3.63) is 0 Å². The molecule has 4 saturated carbocycles. The van der Waals surface area contributed by atoms with Gasteiger partial charge in [-0.2, -0.15) is 0 Å². The predicted octanol–water partition coefficient (Wildman–Crippen LogP) is 2.40. The first-order valence-electron chi connectivity index (χ1n) is 7.89. The third-order valence-corrected chi connectivity index (χ3v) is 5.49. The van der Waals surface area contributed by atoms with E-state index in [1.165, 1.54) is 19.3 Å². The standard InChI is InChI=1S/C16H26N2O2/c1-15(2,3)13(19)17-18-14(20)16-7-10-4-11(8-16)6-12(5-10)9-16/h10-12H,4-9H2,1-3H3,(H,17,19)(H,18,20). The van der Waals surface area contributed by atoms with Gasteiger partial charge >= 0.3 is 0 Å². The number of nitrogens with one attached hydrogen (secondary N) is 2. The molecule has 0 aliphatic heterocycles. The molecule has 0 aromatic heterocycles. The molecule has 0 saturated heterocycles. The molecule has 0 unspecified atom stereocenters. The molecule has 0 heterocycles. The molecule has 0 aromatic carbocycles. The van der Waals surface area contributed by atoms with Gasteiger partial charge in [-0.25, -0.2) is 0 Å². The summed E-state index contributed by atoms with van der Waals surface area (Å²) in [6, 6.07) is 0. The molecule has 4 aliphatic carbocycles. The highest BCUT2D eigenvalue weighted by Crippen LogP contribution is 2.59. The number of rotatable bonds is 1. The average molecular weight is 278 g/mol. The Hall–Kier alpha value is -1.06. The summed E-state index contributed by atoms with van der Waals surface area (Å²) in [6.07, 6.45) is 7.03. The molecule has 2 amide bonds. The second-order valence-corrected chi connectivity index (χ2v) is 8.36. The number of hydrogen-bond donors (Lipinski definition) is 2. The maximum absolute atomic E-state index is 12.6. The molecule has 0 radical (unpaired) electrons. The molecule has 4 heteroatoms. The van der Waals surface area contributed by atoms with Crippen LogP contribution in [0.25, 0.3) is 0 Å². The fourth-order valence-corrected chi connectivity index (χ4v) is 4.82. The van der Waals surface area contributed by atoms with Gasteiger partial charge in [0.15, 0.2) is 0 Å². The molecule has 20 heavy (non-hydrogen) atoms. The van der Waals surface area contributed by atoms with Gasteiger partial charge in [-0.15, -0.1) is 0 Å². The third-order valence-electron chi connectivity index (χ3n) is 5.49. The Morgan fingerprint density at radius 3 is 1.75 bits per heavy atom. The molecule has 2 N–H and O–H groups in total. The summed E-state index contributed by atoms with van der Waals surface area (Å²) in [7, 11) is 0. The normalized spacial score (nSPS) is 38.6. The molecule has 0 aromatic rings. The monoisotopic (exact) mass is 278 g/mol. The lowest BCUT2D eigenvalue weighted by molar-refractivity contribution is -0.149. The van der Waals surface area contributed by atoms with E-state index in [1.807, 2.05) is 20.8 Å². The van der Waals surface area contributed by atoms with Gasteiger partial charge in [-0.3, -0.25) is 20.4 Å². The van der Waals surface area contributed by atoms with E-state index in [0.717, 1.165) is 37.0 Å². The number of amides is 2. The zero-order valence-corrected chi connectivity index (χ0v) is 12.8. The Kier molecular flexibility index (Phi) is 3.11. The van der Waals surface area contributed by atoms with Crippen molar-refractivity contribution in [1.82, 2.24) is 10.9 Å². The summed E-state index contributed by atoms with van der Waals surface area (Å²) in [5, 5.41) is 0. The van der Waals surface area contributed by atoms with Crippen molar-refractivity contribution < 1.29 is 9.59 Å². The van der Waals surface area contributed by atoms with E-state index >= 15 is 0 Å². The largest absolute Gasteiger partial charge is 0.273 e. The minimum atomic E-state index is -0.477. The first-order valence-corrected chi connectivity index (χ1v) is 7.89. The van der Waals surface area contributed by atoms with E-state index in [1.54, 1.807) is 0 Å². The Balaban J connectivity index is 1.64. The summed E-state index contributed by atoms with van der Waals surface area (Å²) in [4.78, 5) is 24.5. The second kappa shape index (κ2) is 4.47. The highest BCUT2D eigenvalue weighted by atomic mass is 16.2. The SMILES string of the molecule is CC(C)(C)C(=O)NNC(=O)C12CC3CC(CC(C3)C1)C2. The minimum absolute atomic E-state index is 0.0502. The van der Waals surface area contributed by atoms with Crippen LogP contribution in [0.15, 0.2) is 0 Å². The zero-order chi connectivity index (χ0) is 14.5. The molecule has 4 bridgehead atoms. The summed E-state index contributed by atoms with van der Waals surface area (Å²) in [6.45, 7) is 5.54. The predicted molar refractivity (Wildman–Crippen MR) is 76.3 cm³/mol. The van der Waals surface area contributed by atoms with E-state index in [4.69, 9.17) is 0 Å². The van der Waals surface area contributed by atoms with Crippen LogP contribution in [0.5, 0.6) is 0 Å². The molecule has 0 atom stereocenters. The van der Waals surface area contributed by atoms with Gasteiger partial charge in [-0.05, 0) is 56.3 Å².